The van der Waals surface area contributed by atoms with Crippen LogP contribution in [0.2, 0.25) is 5.28 Å². The fourth-order valence-corrected chi connectivity index (χ4v) is 3.59. The minimum atomic E-state index is -0.0807. The van der Waals surface area contributed by atoms with Crippen LogP contribution in [0.4, 0.5) is 5.82 Å². The molecule has 5 nitrogen and oxygen atoms in total. The topological polar surface area (TPSA) is 58.5 Å². The van der Waals surface area contributed by atoms with Crippen LogP contribution < -0.4 is 4.90 Å². The smallest absolute Gasteiger partial charge is 0.225 e. The summed E-state index contributed by atoms with van der Waals surface area (Å²) in [6.07, 6.45) is 0.963. The van der Waals surface area contributed by atoms with E-state index in [1.165, 1.54) is 4.88 Å². The largest absolute Gasteiger partial charge is 0.394 e. The lowest BCUT2D eigenvalue weighted by molar-refractivity contribution is 0.0724. The molecule has 1 atom stereocenters. The Bertz CT molecular complexity index is 619. The van der Waals surface area contributed by atoms with E-state index in [9.17, 15) is 5.11 Å². The van der Waals surface area contributed by atoms with Crippen molar-refractivity contribution in [2.24, 2.45) is 0 Å². The highest BCUT2D eigenvalue weighted by molar-refractivity contribution is 7.18. The molecule has 1 aliphatic heterocycles. The highest BCUT2D eigenvalue weighted by atomic mass is 35.5. The zero-order chi connectivity index (χ0) is 14.1. The normalized spacial score (nSPS) is 19.8. The van der Waals surface area contributed by atoms with Crippen molar-refractivity contribution in [3.63, 3.8) is 0 Å². The maximum atomic E-state index is 9.52. The molecule has 20 heavy (non-hydrogen) atoms. The summed E-state index contributed by atoms with van der Waals surface area (Å²) in [5.41, 5.74) is 0. The van der Waals surface area contributed by atoms with Gasteiger partial charge in [0.2, 0.25) is 5.28 Å². The Balaban J connectivity index is 2.11. The highest BCUT2D eigenvalue weighted by Gasteiger charge is 2.26. The van der Waals surface area contributed by atoms with Gasteiger partial charge in [0, 0.05) is 11.4 Å². The quantitative estimate of drug-likeness (QED) is 0.879. The summed E-state index contributed by atoms with van der Waals surface area (Å²) in [7, 11) is 0. The number of aromatic nitrogens is 2. The van der Waals surface area contributed by atoms with Crippen LogP contribution >= 0.6 is 22.9 Å². The summed E-state index contributed by atoms with van der Waals surface area (Å²) in [6.45, 7) is 3.98. The van der Waals surface area contributed by atoms with E-state index in [0.29, 0.717) is 19.8 Å². The molecule has 1 N–H and O–H groups in total. The summed E-state index contributed by atoms with van der Waals surface area (Å²) in [5, 5.41) is 10.8. The summed E-state index contributed by atoms with van der Waals surface area (Å²) in [6, 6.07) is 2.04. The van der Waals surface area contributed by atoms with Crippen molar-refractivity contribution in [2.45, 2.75) is 19.4 Å². The zero-order valence-electron chi connectivity index (χ0n) is 11.2. The van der Waals surface area contributed by atoms with Crippen molar-refractivity contribution >= 4 is 39.0 Å². The van der Waals surface area contributed by atoms with Gasteiger partial charge in [-0.05, 0) is 24.1 Å². The number of rotatable bonds is 3. The second-order valence-corrected chi connectivity index (χ2v) is 6.16. The fraction of sp³-hybridized carbons (Fsp3) is 0.538. The third-order valence-electron chi connectivity index (χ3n) is 3.46. The molecule has 0 bridgehead atoms. The molecule has 3 heterocycles. The average Bonchev–Trinajstić information content (AvgIpc) is 2.89. The molecule has 0 spiro atoms. The Morgan fingerprint density at radius 3 is 3.15 bits per heavy atom. The van der Waals surface area contributed by atoms with Gasteiger partial charge >= 0.3 is 0 Å². The minimum Gasteiger partial charge on any atom is -0.394 e. The van der Waals surface area contributed by atoms with Crippen molar-refractivity contribution < 1.29 is 9.84 Å². The number of fused-ring (bicyclic) bond motifs is 1. The molecule has 7 heteroatoms. The molecule has 1 unspecified atom stereocenters. The van der Waals surface area contributed by atoms with E-state index in [2.05, 4.69) is 27.9 Å². The molecule has 0 radical (unpaired) electrons. The second-order valence-electron chi connectivity index (χ2n) is 4.71. The first-order valence-corrected chi connectivity index (χ1v) is 7.83. The Labute approximate surface area is 126 Å². The Kier molecular flexibility index (Phi) is 4.07. The van der Waals surface area contributed by atoms with Gasteiger partial charge in [-0.2, -0.15) is 4.98 Å². The Morgan fingerprint density at radius 1 is 1.55 bits per heavy atom. The number of anilines is 1. The van der Waals surface area contributed by atoms with Crippen molar-refractivity contribution in [3.8, 4) is 0 Å². The van der Waals surface area contributed by atoms with E-state index in [0.717, 1.165) is 22.5 Å². The first-order chi connectivity index (χ1) is 9.72. The molecule has 0 aromatic carbocycles. The van der Waals surface area contributed by atoms with Crippen LogP contribution in [-0.4, -0.2) is 47.5 Å². The molecule has 0 aliphatic carbocycles. The van der Waals surface area contributed by atoms with Crippen LogP contribution in [0, 0.1) is 0 Å². The number of morpholine rings is 1. The number of thiophene rings is 1. The number of hydrogen-bond donors (Lipinski definition) is 1. The number of ether oxygens (including phenoxy) is 1. The standard InChI is InChI=1S/C13H16ClN3O2S/c1-2-9-5-10-11(15-13(14)16-12(10)20-9)17-3-4-19-7-8(17)6-18/h5,8,18H,2-4,6-7H2,1H3. The fourth-order valence-electron chi connectivity index (χ4n) is 2.41. The highest BCUT2D eigenvalue weighted by Crippen LogP contribution is 2.33. The molecule has 1 fully saturated rings. The molecule has 2 aromatic heterocycles. The van der Waals surface area contributed by atoms with E-state index >= 15 is 0 Å². The van der Waals surface area contributed by atoms with Crippen LogP contribution in [0.1, 0.15) is 11.8 Å². The molecule has 1 saturated heterocycles. The second kappa shape index (κ2) is 5.81. The lowest BCUT2D eigenvalue weighted by Gasteiger charge is -2.35. The van der Waals surface area contributed by atoms with Crippen molar-refractivity contribution in [2.75, 3.05) is 31.3 Å². The van der Waals surface area contributed by atoms with Gasteiger partial charge in [0.1, 0.15) is 10.6 Å². The number of aliphatic hydroxyl groups excluding tert-OH is 1. The van der Waals surface area contributed by atoms with Crippen molar-refractivity contribution in [3.05, 3.63) is 16.2 Å². The van der Waals surface area contributed by atoms with Crippen LogP contribution in [0.15, 0.2) is 6.07 Å². The van der Waals surface area contributed by atoms with Crippen LogP contribution in [0.3, 0.4) is 0 Å². The minimum absolute atomic E-state index is 0.0356. The molecule has 0 saturated carbocycles. The van der Waals surface area contributed by atoms with Crippen molar-refractivity contribution in [1.29, 1.82) is 0 Å². The van der Waals surface area contributed by atoms with Gasteiger partial charge < -0.3 is 14.7 Å². The third-order valence-corrected chi connectivity index (χ3v) is 4.80. The lowest BCUT2D eigenvalue weighted by atomic mass is 10.2. The summed E-state index contributed by atoms with van der Waals surface area (Å²) in [4.78, 5) is 12.9. The number of aryl methyl sites for hydroxylation is 1. The summed E-state index contributed by atoms with van der Waals surface area (Å²) >= 11 is 7.69. The first kappa shape index (κ1) is 14.0. The predicted octanol–water partition coefficient (Wildman–Crippen LogP) is 2.10. The maximum Gasteiger partial charge on any atom is 0.225 e. The van der Waals surface area contributed by atoms with Crippen molar-refractivity contribution in [1.82, 2.24) is 9.97 Å². The Morgan fingerprint density at radius 2 is 2.40 bits per heavy atom. The van der Waals surface area contributed by atoms with E-state index in [-0.39, 0.29) is 17.9 Å². The monoisotopic (exact) mass is 313 g/mol. The van der Waals surface area contributed by atoms with Gasteiger partial charge in [-0.15, -0.1) is 11.3 Å². The molecular weight excluding hydrogens is 298 g/mol. The lowest BCUT2D eigenvalue weighted by Crippen LogP contribution is -2.48. The van der Waals surface area contributed by atoms with Gasteiger partial charge in [-0.1, -0.05) is 6.92 Å². The van der Waals surface area contributed by atoms with E-state index < -0.39 is 0 Å². The van der Waals surface area contributed by atoms with Crippen LogP contribution in [0.25, 0.3) is 10.2 Å². The predicted molar refractivity (Wildman–Crippen MR) is 80.8 cm³/mol. The molecular formula is C13H16ClN3O2S. The van der Waals surface area contributed by atoms with Gasteiger partial charge in [-0.25, -0.2) is 4.98 Å². The van der Waals surface area contributed by atoms with Gasteiger partial charge in [0.05, 0.1) is 31.2 Å². The first-order valence-electron chi connectivity index (χ1n) is 6.64. The average molecular weight is 314 g/mol. The van der Waals surface area contributed by atoms with E-state index in [1.807, 2.05) is 0 Å². The van der Waals surface area contributed by atoms with E-state index in [4.69, 9.17) is 16.3 Å². The van der Waals surface area contributed by atoms with Crippen LogP contribution in [0.5, 0.6) is 0 Å². The molecule has 1 aliphatic rings. The van der Waals surface area contributed by atoms with Gasteiger partial charge in [0.15, 0.2) is 0 Å². The number of aliphatic hydroxyl groups is 1. The SMILES string of the molecule is CCc1cc2c(N3CCOCC3CO)nc(Cl)nc2s1. The zero-order valence-corrected chi connectivity index (χ0v) is 12.7. The maximum absolute atomic E-state index is 9.52. The third kappa shape index (κ3) is 2.48. The van der Waals surface area contributed by atoms with Gasteiger partial charge in [-0.3, -0.25) is 0 Å². The van der Waals surface area contributed by atoms with Crippen LogP contribution in [-0.2, 0) is 11.2 Å². The number of nitrogens with zero attached hydrogens (tertiary/aromatic N) is 3. The van der Waals surface area contributed by atoms with Gasteiger partial charge in [0.25, 0.3) is 0 Å². The molecule has 2 aromatic rings. The summed E-state index contributed by atoms with van der Waals surface area (Å²) < 4.78 is 5.42. The molecule has 3 rings (SSSR count). The Hall–Kier alpha value is -0.950. The molecule has 108 valence electrons. The number of halogens is 1. The number of hydrogen-bond acceptors (Lipinski definition) is 6. The van der Waals surface area contributed by atoms with E-state index in [1.54, 1.807) is 11.3 Å². The summed E-state index contributed by atoms with van der Waals surface area (Å²) in [5.74, 6) is 0.804. The molecule has 0 amide bonds.